The van der Waals surface area contributed by atoms with E-state index in [0.29, 0.717) is 11.8 Å². The summed E-state index contributed by atoms with van der Waals surface area (Å²) in [5.41, 5.74) is 0. The molecule has 0 radical (unpaired) electrons. The maximum Gasteiger partial charge on any atom is 0.0850 e. The minimum absolute atomic E-state index is 0.454. The monoisotopic (exact) mass is 179 g/mol. The second-order valence-corrected chi connectivity index (χ2v) is 3.26. The normalized spacial score (nSPS) is 17.8. The molecule has 0 aromatic heterocycles. The van der Waals surface area contributed by atoms with Crippen LogP contribution in [0.15, 0.2) is 10.3 Å². The summed E-state index contributed by atoms with van der Waals surface area (Å²) >= 11 is 2.82. The van der Waals surface area contributed by atoms with E-state index >= 15 is 0 Å². The lowest BCUT2D eigenvalue weighted by atomic mass is 10.3. The van der Waals surface area contributed by atoms with Gasteiger partial charge < -0.3 is 5.11 Å². The third-order valence-corrected chi connectivity index (χ3v) is 2.48. The molecule has 1 N–H and O–H groups in total. The molecule has 1 nitrogen and oxygen atoms in total. The first-order valence-corrected chi connectivity index (χ1v) is 5.59. The van der Waals surface area contributed by atoms with Crippen LogP contribution in [0.5, 0.6) is 0 Å². The molecule has 0 fully saturated rings. The molecule has 3 heteroatoms. The van der Waals surface area contributed by atoms with Gasteiger partial charge in [-0.3, -0.25) is 0 Å². The Kier molecular flexibility index (Phi) is 5.21. The summed E-state index contributed by atoms with van der Waals surface area (Å²) in [6.07, 6.45) is 3.96. The summed E-state index contributed by atoms with van der Waals surface area (Å²) in [5.74, 6) is 0. The average molecular weight is 179 g/mol. The quantitative estimate of drug-likeness (QED) is 0.715. The molecule has 1 unspecified atom stereocenters. The van der Waals surface area contributed by atoms with Crippen LogP contribution in [-0.2, 0) is 0 Å². The van der Waals surface area contributed by atoms with E-state index < -0.39 is 6.10 Å². The first-order chi connectivity index (χ1) is 5.17. The predicted octanol–water partition coefficient (Wildman–Crippen LogP) is 2.32. The molecule has 0 bridgehead atoms. The van der Waals surface area contributed by atoms with Crippen LogP contribution in [0.3, 0.4) is 0 Å². The van der Waals surface area contributed by atoms with Crippen LogP contribution in [0, 0.1) is 0 Å². The highest BCUT2D eigenvalue weighted by Gasteiger charge is 2.05. The van der Waals surface area contributed by atoms with Crippen molar-refractivity contribution in [2.24, 2.45) is 0 Å². The van der Waals surface area contributed by atoms with Gasteiger partial charge in [0.1, 0.15) is 0 Å². The van der Waals surface area contributed by atoms with E-state index in [1.807, 2.05) is 19.4 Å². The van der Waals surface area contributed by atoms with Crippen LogP contribution < -0.4 is 0 Å². The van der Waals surface area contributed by atoms with Gasteiger partial charge in [-0.15, -0.1) is 23.5 Å². The predicted molar refractivity (Wildman–Crippen MR) is 51.4 cm³/mol. The van der Waals surface area contributed by atoms with Gasteiger partial charge in [0.25, 0.3) is 0 Å². The van der Waals surface area contributed by atoms with Crippen LogP contribution in [0.4, 0.5) is 0 Å². The number of hydrogen-bond acceptors (Lipinski definition) is 3. The van der Waals surface area contributed by atoms with E-state index in [-0.39, 0.29) is 0 Å². The molecule has 0 aromatic rings. The third-order valence-electron chi connectivity index (χ3n) is 1.11. The Morgan fingerprint density at radius 1 is 1.80 bits per heavy atom. The van der Waals surface area contributed by atoms with E-state index in [4.69, 9.17) is 1.37 Å². The highest BCUT2D eigenvalue weighted by Crippen LogP contribution is 2.20. The highest BCUT2D eigenvalue weighted by atomic mass is 32.2. The molecule has 10 heavy (non-hydrogen) atoms. The smallest absolute Gasteiger partial charge is 0.0850 e. The van der Waals surface area contributed by atoms with Gasteiger partial charge in [0.2, 0.25) is 0 Å². The van der Waals surface area contributed by atoms with E-state index in [0.717, 1.165) is 4.91 Å². The van der Waals surface area contributed by atoms with Crippen molar-refractivity contribution in [3.63, 3.8) is 0 Å². The second-order valence-electron chi connectivity index (χ2n) is 1.80. The SMILES string of the molecule is [2H]/C(SC)=C(/SC)C(O)CC. The Balaban J connectivity index is 4.36. The van der Waals surface area contributed by atoms with Crippen molar-refractivity contribution in [3.8, 4) is 0 Å². The molecule has 60 valence electrons. The standard InChI is InChI=1S/C7H14OS2/c1-4-6(8)7(10-3)5-9-2/h5-6,8H,4H2,1-3H3/b7-5-/i5D. The van der Waals surface area contributed by atoms with Crippen molar-refractivity contribution in [3.05, 3.63) is 10.3 Å². The molecule has 0 heterocycles. The van der Waals surface area contributed by atoms with Crippen LogP contribution in [0.25, 0.3) is 0 Å². The molecule has 0 aliphatic heterocycles. The first kappa shape index (κ1) is 8.50. The number of thioether (sulfide) groups is 2. The Morgan fingerprint density at radius 2 is 2.40 bits per heavy atom. The van der Waals surface area contributed by atoms with Crippen molar-refractivity contribution in [1.29, 1.82) is 0 Å². The summed E-state index contributed by atoms with van der Waals surface area (Å²) in [4.78, 5) is 0.778. The average Bonchev–Trinajstić information content (AvgIpc) is 2.05. The van der Waals surface area contributed by atoms with Crippen molar-refractivity contribution < 1.29 is 6.48 Å². The van der Waals surface area contributed by atoms with Gasteiger partial charge in [-0.1, -0.05) is 6.92 Å². The van der Waals surface area contributed by atoms with Gasteiger partial charge in [-0.05, 0) is 24.3 Å². The molecule has 0 saturated heterocycles. The molecule has 0 spiro atoms. The molecule has 0 aliphatic carbocycles. The van der Waals surface area contributed by atoms with E-state index in [9.17, 15) is 5.11 Å². The second kappa shape index (κ2) is 6.13. The minimum Gasteiger partial charge on any atom is -0.388 e. The molecule has 0 amide bonds. The highest BCUT2D eigenvalue weighted by molar-refractivity contribution is 8.05. The maximum atomic E-state index is 9.41. The fraction of sp³-hybridized carbons (Fsp3) is 0.714. The van der Waals surface area contributed by atoms with Gasteiger partial charge in [0.15, 0.2) is 0 Å². The number of hydrogen-bond donors (Lipinski definition) is 1. The largest absolute Gasteiger partial charge is 0.388 e. The lowest BCUT2D eigenvalue weighted by Gasteiger charge is -2.08. The third kappa shape index (κ3) is 3.54. The van der Waals surface area contributed by atoms with Gasteiger partial charge in [-0.2, -0.15) is 0 Å². The van der Waals surface area contributed by atoms with Crippen molar-refractivity contribution in [2.75, 3.05) is 12.5 Å². The van der Waals surface area contributed by atoms with Crippen LogP contribution in [0.1, 0.15) is 14.7 Å². The zero-order valence-electron chi connectivity index (χ0n) is 7.55. The molecular formula is C7H14OS2. The van der Waals surface area contributed by atoms with Crippen LogP contribution in [-0.4, -0.2) is 23.7 Å². The molecule has 0 aliphatic rings. The van der Waals surface area contributed by atoms with Crippen molar-refractivity contribution in [1.82, 2.24) is 0 Å². The topological polar surface area (TPSA) is 20.2 Å². The molecular weight excluding hydrogens is 164 g/mol. The summed E-state index contributed by atoms with van der Waals surface area (Å²) in [6.45, 7) is 1.91. The number of aliphatic hydroxyl groups is 1. The summed E-state index contributed by atoms with van der Waals surface area (Å²) in [7, 11) is 0. The molecule has 0 saturated carbocycles. The van der Waals surface area contributed by atoms with Crippen molar-refractivity contribution in [2.45, 2.75) is 19.4 Å². The fourth-order valence-electron chi connectivity index (χ4n) is 0.532. The summed E-state index contributed by atoms with van der Waals surface area (Å²) < 4.78 is 7.47. The lowest BCUT2D eigenvalue weighted by molar-refractivity contribution is 0.215. The Hall–Kier alpha value is 0.400. The maximum absolute atomic E-state index is 9.41. The first-order valence-electron chi connectivity index (χ1n) is 3.64. The van der Waals surface area contributed by atoms with Gasteiger partial charge in [-0.25, -0.2) is 0 Å². The van der Waals surface area contributed by atoms with E-state index in [2.05, 4.69) is 0 Å². The van der Waals surface area contributed by atoms with Crippen LogP contribution in [0.2, 0.25) is 0 Å². The lowest BCUT2D eigenvalue weighted by Crippen LogP contribution is -2.04. The van der Waals surface area contributed by atoms with Gasteiger partial charge >= 0.3 is 0 Å². The van der Waals surface area contributed by atoms with Gasteiger partial charge in [0, 0.05) is 4.91 Å². The minimum atomic E-state index is -0.454. The Bertz CT molecular complexity index is 147. The van der Waals surface area contributed by atoms with E-state index in [1.165, 1.54) is 23.5 Å². The number of rotatable bonds is 4. The van der Waals surface area contributed by atoms with Gasteiger partial charge in [0.05, 0.1) is 7.47 Å². The summed E-state index contributed by atoms with van der Waals surface area (Å²) in [6, 6.07) is 0. The summed E-state index contributed by atoms with van der Waals surface area (Å²) in [5, 5.41) is 9.89. The molecule has 0 aromatic carbocycles. The fourth-order valence-corrected chi connectivity index (χ4v) is 1.89. The zero-order chi connectivity index (χ0) is 8.85. The zero-order valence-corrected chi connectivity index (χ0v) is 8.18. The van der Waals surface area contributed by atoms with E-state index in [1.54, 1.807) is 0 Å². The van der Waals surface area contributed by atoms with Crippen molar-refractivity contribution >= 4 is 23.5 Å². The molecule has 1 atom stereocenters. The Labute approximate surface area is 72.7 Å². The number of aliphatic hydroxyl groups excluding tert-OH is 1. The molecule has 0 rings (SSSR count). The Morgan fingerprint density at radius 3 is 2.70 bits per heavy atom. The van der Waals surface area contributed by atoms with Crippen LogP contribution >= 0.6 is 23.5 Å².